The number of anilines is 2. The summed E-state index contributed by atoms with van der Waals surface area (Å²) in [7, 11) is 1.94. The molecule has 144 valence electrons. The number of rotatable bonds is 3. The molecule has 4 rings (SSSR count). The molecule has 1 aromatic heterocycles. The largest absolute Gasteiger partial charge is 0.479 e. The van der Waals surface area contributed by atoms with Crippen LogP contribution in [0.25, 0.3) is 11.0 Å². The highest BCUT2D eigenvalue weighted by molar-refractivity contribution is 6.35. The fourth-order valence-corrected chi connectivity index (χ4v) is 3.58. The summed E-state index contributed by atoms with van der Waals surface area (Å²) in [6, 6.07) is 12.5. The fourth-order valence-electron chi connectivity index (χ4n) is 3.13. The molecule has 1 amide bonds. The third-order valence-electron chi connectivity index (χ3n) is 4.62. The van der Waals surface area contributed by atoms with Gasteiger partial charge in [-0.25, -0.2) is 9.97 Å². The number of halogens is 2. The Balaban J connectivity index is 1.65. The van der Waals surface area contributed by atoms with Crippen LogP contribution in [0.2, 0.25) is 10.0 Å². The number of hydrogen-bond acceptors (Lipinski definition) is 5. The summed E-state index contributed by atoms with van der Waals surface area (Å²) in [5.74, 6) is 1.42. The summed E-state index contributed by atoms with van der Waals surface area (Å²) in [6.45, 7) is 2.84. The molecule has 1 aliphatic heterocycles. The average Bonchev–Trinajstić information content (AvgIpc) is 2.69. The van der Waals surface area contributed by atoms with Gasteiger partial charge in [0.05, 0.1) is 16.1 Å². The Morgan fingerprint density at radius 3 is 2.43 bits per heavy atom. The summed E-state index contributed by atoms with van der Waals surface area (Å²) in [5.41, 5.74) is 1.53. The van der Waals surface area contributed by atoms with Gasteiger partial charge < -0.3 is 9.64 Å². The second kappa shape index (κ2) is 7.45. The number of amides is 1. The minimum absolute atomic E-state index is 0.204. The van der Waals surface area contributed by atoms with E-state index in [9.17, 15) is 4.79 Å². The van der Waals surface area contributed by atoms with E-state index in [1.165, 1.54) is 0 Å². The third kappa shape index (κ3) is 3.45. The Hall–Kier alpha value is -2.57. The van der Waals surface area contributed by atoms with Crippen LogP contribution in [-0.2, 0) is 4.79 Å². The Labute approximate surface area is 172 Å². The normalized spacial score (nSPS) is 14.7. The smallest absolute Gasteiger partial charge is 0.269 e. The number of nitrogens with zero attached hydrogens (tertiary/aromatic N) is 4. The first kappa shape index (κ1) is 18.8. The van der Waals surface area contributed by atoms with Gasteiger partial charge in [-0.1, -0.05) is 35.3 Å². The van der Waals surface area contributed by atoms with Gasteiger partial charge in [0.2, 0.25) is 0 Å². The van der Waals surface area contributed by atoms with Gasteiger partial charge in [0.1, 0.15) is 5.75 Å². The van der Waals surface area contributed by atoms with Crippen LogP contribution in [0.3, 0.4) is 0 Å². The minimum atomic E-state index is -0.747. The first-order valence-corrected chi connectivity index (χ1v) is 9.60. The molecule has 0 spiro atoms. The second-order valence-corrected chi connectivity index (χ2v) is 7.45. The SMILES string of the molecule is C[C@H](Oc1ccc(Cl)cc1Cl)C(=O)N1CCN(C)c2nc3ccccc3nc21. The van der Waals surface area contributed by atoms with Crippen LogP contribution in [0.15, 0.2) is 42.5 Å². The molecule has 6 nitrogen and oxygen atoms in total. The molecular formula is C20H18Cl2N4O2. The lowest BCUT2D eigenvalue weighted by atomic mass is 10.2. The maximum absolute atomic E-state index is 13.1. The molecule has 2 aromatic carbocycles. The van der Waals surface area contributed by atoms with Crippen LogP contribution in [0, 0.1) is 0 Å². The number of benzene rings is 2. The second-order valence-electron chi connectivity index (χ2n) is 6.61. The van der Waals surface area contributed by atoms with E-state index in [0.717, 1.165) is 11.0 Å². The number of para-hydroxylation sites is 2. The van der Waals surface area contributed by atoms with Crippen molar-refractivity contribution >= 4 is 51.8 Å². The molecule has 2 heterocycles. The standard InChI is InChI=1S/C20H18Cl2N4O2/c1-12(28-17-8-7-13(21)11-14(17)22)20(27)26-10-9-25(2)18-19(26)24-16-6-4-3-5-15(16)23-18/h3-8,11-12H,9-10H2,1-2H3/t12-/m0/s1. The molecule has 0 unspecified atom stereocenters. The van der Waals surface area contributed by atoms with Crippen LogP contribution in [0.1, 0.15) is 6.92 Å². The predicted octanol–water partition coefficient (Wildman–Crippen LogP) is 4.19. The van der Waals surface area contributed by atoms with Gasteiger partial charge in [0.15, 0.2) is 17.7 Å². The Kier molecular flexibility index (Phi) is 5.00. The number of ether oxygens (including phenoxy) is 1. The number of fused-ring (bicyclic) bond motifs is 2. The van der Waals surface area contributed by atoms with Crippen molar-refractivity contribution in [3.8, 4) is 5.75 Å². The predicted molar refractivity (Wildman–Crippen MR) is 112 cm³/mol. The van der Waals surface area contributed by atoms with Crippen LogP contribution >= 0.6 is 23.2 Å². The average molecular weight is 417 g/mol. The Morgan fingerprint density at radius 2 is 1.75 bits per heavy atom. The van der Waals surface area contributed by atoms with Crippen molar-refractivity contribution in [3.05, 3.63) is 52.5 Å². The van der Waals surface area contributed by atoms with Crippen LogP contribution in [0.5, 0.6) is 5.75 Å². The van der Waals surface area contributed by atoms with E-state index >= 15 is 0 Å². The summed E-state index contributed by atoms with van der Waals surface area (Å²) in [4.78, 5) is 26.1. The minimum Gasteiger partial charge on any atom is -0.479 e. The summed E-state index contributed by atoms with van der Waals surface area (Å²) < 4.78 is 5.80. The molecule has 0 aliphatic carbocycles. The van der Waals surface area contributed by atoms with E-state index in [2.05, 4.69) is 9.97 Å². The van der Waals surface area contributed by atoms with E-state index in [1.807, 2.05) is 36.2 Å². The van der Waals surface area contributed by atoms with Crippen molar-refractivity contribution < 1.29 is 9.53 Å². The molecular weight excluding hydrogens is 399 g/mol. The van der Waals surface area contributed by atoms with Crippen molar-refractivity contribution in [2.24, 2.45) is 0 Å². The zero-order chi connectivity index (χ0) is 19.8. The zero-order valence-electron chi connectivity index (χ0n) is 15.4. The van der Waals surface area contributed by atoms with Gasteiger partial charge in [-0.05, 0) is 37.3 Å². The highest BCUT2D eigenvalue weighted by Crippen LogP contribution is 2.32. The molecule has 0 bridgehead atoms. The lowest BCUT2D eigenvalue weighted by Crippen LogP contribution is -2.48. The molecule has 8 heteroatoms. The van der Waals surface area contributed by atoms with Gasteiger partial charge in [-0.15, -0.1) is 0 Å². The summed E-state index contributed by atoms with van der Waals surface area (Å²) >= 11 is 12.1. The van der Waals surface area contributed by atoms with Crippen LogP contribution in [0.4, 0.5) is 11.6 Å². The lowest BCUT2D eigenvalue weighted by Gasteiger charge is -2.34. The Bertz CT molecular complexity index is 1060. The highest BCUT2D eigenvalue weighted by Gasteiger charge is 2.32. The number of carbonyl (C=O) groups excluding carboxylic acids is 1. The van der Waals surface area contributed by atoms with Gasteiger partial charge in [-0.3, -0.25) is 9.69 Å². The van der Waals surface area contributed by atoms with E-state index in [4.69, 9.17) is 27.9 Å². The van der Waals surface area contributed by atoms with E-state index < -0.39 is 6.10 Å². The molecule has 0 fully saturated rings. The van der Waals surface area contributed by atoms with Crippen molar-refractivity contribution in [2.75, 3.05) is 29.9 Å². The molecule has 1 atom stereocenters. The first-order chi connectivity index (χ1) is 13.4. The molecule has 28 heavy (non-hydrogen) atoms. The summed E-state index contributed by atoms with van der Waals surface area (Å²) in [5, 5.41) is 0.864. The van der Waals surface area contributed by atoms with Crippen molar-refractivity contribution in [2.45, 2.75) is 13.0 Å². The van der Waals surface area contributed by atoms with Crippen LogP contribution in [-0.4, -0.2) is 42.1 Å². The maximum atomic E-state index is 13.1. The van der Waals surface area contributed by atoms with Crippen molar-refractivity contribution in [1.82, 2.24) is 9.97 Å². The monoisotopic (exact) mass is 416 g/mol. The molecule has 3 aromatic rings. The van der Waals surface area contributed by atoms with E-state index in [0.29, 0.717) is 40.5 Å². The first-order valence-electron chi connectivity index (χ1n) is 8.85. The number of carbonyl (C=O) groups is 1. The van der Waals surface area contributed by atoms with Gasteiger partial charge >= 0.3 is 0 Å². The number of hydrogen-bond donors (Lipinski definition) is 0. The van der Waals surface area contributed by atoms with E-state index in [-0.39, 0.29) is 5.91 Å². The highest BCUT2D eigenvalue weighted by atomic mass is 35.5. The lowest BCUT2D eigenvalue weighted by molar-refractivity contribution is -0.124. The topological polar surface area (TPSA) is 58.6 Å². The maximum Gasteiger partial charge on any atom is 0.269 e. The summed E-state index contributed by atoms with van der Waals surface area (Å²) in [6.07, 6.45) is -0.747. The molecule has 1 aliphatic rings. The molecule has 0 N–H and O–H groups in total. The zero-order valence-corrected chi connectivity index (χ0v) is 16.9. The van der Waals surface area contributed by atoms with Crippen LogP contribution < -0.4 is 14.5 Å². The molecule has 0 saturated carbocycles. The van der Waals surface area contributed by atoms with Crippen molar-refractivity contribution in [1.29, 1.82) is 0 Å². The van der Waals surface area contributed by atoms with Gasteiger partial charge in [0.25, 0.3) is 5.91 Å². The number of likely N-dealkylation sites (N-methyl/N-ethyl adjacent to an activating group) is 1. The fraction of sp³-hybridized carbons (Fsp3) is 0.250. The number of aromatic nitrogens is 2. The Morgan fingerprint density at radius 1 is 1.07 bits per heavy atom. The third-order valence-corrected chi connectivity index (χ3v) is 5.15. The van der Waals surface area contributed by atoms with Crippen molar-refractivity contribution in [3.63, 3.8) is 0 Å². The molecule has 0 saturated heterocycles. The molecule has 0 radical (unpaired) electrons. The van der Waals surface area contributed by atoms with Gasteiger partial charge in [0, 0.05) is 25.2 Å². The quantitative estimate of drug-likeness (QED) is 0.640. The van der Waals surface area contributed by atoms with E-state index in [1.54, 1.807) is 30.0 Å². The van der Waals surface area contributed by atoms with Gasteiger partial charge in [-0.2, -0.15) is 0 Å².